The Balaban J connectivity index is 1.84. The fourth-order valence-corrected chi connectivity index (χ4v) is 7.18. The van der Waals surface area contributed by atoms with E-state index in [9.17, 15) is 10.1 Å². The Morgan fingerprint density at radius 1 is 0.973 bits per heavy atom. The Labute approximate surface area is 222 Å². The normalized spacial score (nSPS) is 19.0. The van der Waals surface area contributed by atoms with Crippen LogP contribution in [-0.2, 0) is 10.0 Å². The van der Waals surface area contributed by atoms with E-state index in [2.05, 4.69) is 98.0 Å². The van der Waals surface area contributed by atoms with Gasteiger partial charge in [0.15, 0.2) is 20.0 Å². The summed E-state index contributed by atoms with van der Waals surface area (Å²) in [5.74, 6) is -0.206. The second-order valence-corrected chi connectivity index (χ2v) is 15.5. The van der Waals surface area contributed by atoms with Gasteiger partial charge in [-0.3, -0.25) is 10.1 Å². The first-order valence-corrected chi connectivity index (χ1v) is 16.7. The maximum atomic E-state index is 11.6. The van der Waals surface area contributed by atoms with Crippen LogP contribution in [0.3, 0.4) is 0 Å². The quantitative estimate of drug-likeness (QED) is 0.130. The molecular weight excluding hydrogens is 476 g/mol. The van der Waals surface area contributed by atoms with Crippen LogP contribution >= 0.6 is 0 Å². The summed E-state index contributed by atoms with van der Waals surface area (Å²) in [6, 6.07) is 31.2. The first-order chi connectivity index (χ1) is 17.7. The summed E-state index contributed by atoms with van der Waals surface area (Å²) >= 11 is 0. The minimum Gasteiger partial charge on any atom is -0.399 e. The Kier molecular flexibility index (Phi) is 8.40. The van der Waals surface area contributed by atoms with Crippen molar-refractivity contribution in [3.8, 4) is 0 Å². The van der Waals surface area contributed by atoms with Crippen molar-refractivity contribution in [3.63, 3.8) is 0 Å². The van der Waals surface area contributed by atoms with E-state index in [0.29, 0.717) is 0 Å². The lowest BCUT2D eigenvalue weighted by molar-refractivity contribution is -0.560. The van der Waals surface area contributed by atoms with E-state index >= 15 is 0 Å². The first kappa shape index (κ1) is 27.0. The van der Waals surface area contributed by atoms with Gasteiger partial charge in [-0.2, -0.15) is 0 Å². The van der Waals surface area contributed by atoms with E-state index in [-0.39, 0.29) is 29.3 Å². The van der Waals surface area contributed by atoms with Gasteiger partial charge in [-0.15, -0.1) is 0 Å². The van der Waals surface area contributed by atoms with Crippen LogP contribution in [0.2, 0.25) is 19.6 Å². The summed E-state index contributed by atoms with van der Waals surface area (Å²) in [5.41, 5.74) is 2.69. The van der Waals surface area contributed by atoms with Crippen molar-refractivity contribution in [2.24, 2.45) is 5.92 Å². The molecule has 0 N–H and O–H groups in total. The molecule has 1 aliphatic rings. The van der Waals surface area contributed by atoms with Crippen LogP contribution in [0.1, 0.15) is 42.4 Å². The highest BCUT2D eigenvalue weighted by Gasteiger charge is 2.53. The molecule has 6 heteroatoms. The van der Waals surface area contributed by atoms with Gasteiger partial charge < -0.3 is 4.43 Å². The third-order valence-corrected chi connectivity index (χ3v) is 8.21. The lowest BCUT2D eigenvalue weighted by Gasteiger charge is -2.42. The molecule has 0 amide bonds. The number of benzene rings is 3. The molecule has 0 bridgehead atoms. The van der Waals surface area contributed by atoms with Gasteiger partial charge in [0.1, 0.15) is 12.8 Å². The molecule has 3 atom stereocenters. The van der Waals surface area contributed by atoms with Gasteiger partial charge in [0.05, 0.1) is 5.92 Å². The number of hydrogen-bond donors (Lipinski definition) is 0. The average molecular weight is 516 g/mol. The highest BCUT2D eigenvalue weighted by Crippen LogP contribution is 2.44. The zero-order valence-electron chi connectivity index (χ0n) is 22.4. The van der Waals surface area contributed by atoms with Gasteiger partial charge in [-0.25, -0.2) is 4.58 Å². The molecule has 0 aliphatic carbocycles. The second kappa shape index (κ2) is 11.5. The summed E-state index contributed by atoms with van der Waals surface area (Å²) in [7, 11) is -2.02. The van der Waals surface area contributed by atoms with Crippen molar-refractivity contribution in [3.05, 3.63) is 118 Å². The molecule has 0 unspecified atom stereocenters. The lowest BCUT2D eigenvalue weighted by atomic mass is 9.79. The fraction of sp³-hybridized carbons (Fsp3) is 0.387. The largest absolute Gasteiger partial charge is 0.399 e. The van der Waals surface area contributed by atoms with E-state index in [1.807, 2.05) is 30.3 Å². The van der Waals surface area contributed by atoms with Crippen LogP contribution in [0, 0.1) is 16.0 Å². The average Bonchev–Trinajstić information content (AvgIpc) is 3.35. The van der Waals surface area contributed by atoms with Crippen molar-refractivity contribution >= 4 is 14.5 Å². The summed E-state index contributed by atoms with van der Waals surface area (Å²) in [6.45, 7) is 9.69. The molecule has 1 saturated heterocycles. The number of hydrogen-bond acceptors (Lipinski definition) is 3. The van der Waals surface area contributed by atoms with Gasteiger partial charge in [-0.05, 0) is 36.3 Å². The topological polar surface area (TPSA) is 55.4 Å². The van der Waals surface area contributed by atoms with Crippen molar-refractivity contribution in [1.29, 1.82) is 0 Å². The third kappa shape index (κ3) is 6.25. The molecule has 0 aromatic heterocycles. The second-order valence-electron chi connectivity index (χ2n) is 11.1. The van der Waals surface area contributed by atoms with Crippen LogP contribution in [0.15, 0.2) is 91.0 Å². The van der Waals surface area contributed by atoms with E-state index < -0.39 is 13.9 Å². The van der Waals surface area contributed by atoms with E-state index in [1.165, 1.54) is 0 Å². The molecule has 194 valence electrons. The number of rotatable bonds is 10. The van der Waals surface area contributed by atoms with Crippen molar-refractivity contribution in [2.45, 2.75) is 57.0 Å². The first-order valence-electron chi connectivity index (χ1n) is 13.3. The van der Waals surface area contributed by atoms with Crippen molar-refractivity contribution in [1.82, 2.24) is 0 Å². The monoisotopic (exact) mass is 515 g/mol. The Morgan fingerprint density at radius 3 is 1.97 bits per heavy atom. The number of nitrogens with zero attached hydrogens (tertiary/aromatic N) is 2. The summed E-state index contributed by atoms with van der Waals surface area (Å²) < 4.78 is 9.70. The zero-order valence-corrected chi connectivity index (χ0v) is 23.4. The SMILES string of the molecule is C[C@@H](C=[N+]1CCC[C@H]1C(O[Si](C)(C)C)(c1ccccc1)c1ccccc1)[C@H](C[N+](=O)[O-])c1ccccc1. The van der Waals surface area contributed by atoms with Crippen LogP contribution in [0.25, 0.3) is 0 Å². The summed E-state index contributed by atoms with van der Waals surface area (Å²) in [6.07, 6.45) is 4.30. The van der Waals surface area contributed by atoms with Crippen LogP contribution in [0.5, 0.6) is 0 Å². The smallest absolute Gasteiger partial charge is 0.211 e. The Morgan fingerprint density at radius 2 is 1.49 bits per heavy atom. The van der Waals surface area contributed by atoms with Crippen molar-refractivity contribution < 1.29 is 13.9 Å². The molecule has 0 spiro atoms. The maximum absolute atomic E-state index is 11.6. The number of nitro groups is 1. The highest BCUT2D eigenvalue weighted by molar-refractivity contribution is 6.69. The van der Waals surface area contributed by atoms with Gasteiger partial charge in [0.2, 0.25) is 6.54 Å². The van der Waals surface area contributed by atoms with Gasteiger partial charge in [0.25, 0.3) is 0 Å². The molecule has 0 saturated carbocycles. The van der Waals surface area contributed by atoms with Crippen LogP contribution < -0.4 is 0 Å². The maximum Gasteiger partial charge on any atom is 0.211 e. The Bertz CT molecular complexity index is 1150. The predicted molar refractivity (Wildman–Crippen MR) is 153 cm³/mol. The van der Waals surface area contributed by atoms with Crippen molar-refractivity contribution in [2.75, 3.05) is 13.1 Å². The molecule has 1 fully saturated rings. The summed E-state index contributed by atoms with van der Waals surface area (Å²) in [5, 5.41) is 11.6. The van der Waals surface area contributed by atoms with E-state index in [4.69, 9.17) is 4.43 Å². The molecule has 3 aromatic carbocycles. The molecule has 3 aromatic rings. The lowest BCUT2D eigenvalue weighted by Crippen LogP contribution is -2.52. The van der Waals surface area contributed by atoms with Crippen LogP contribution in [-0.4, -0.2) is 43.2 Å². The molecule has 0 radical (unpaired) electrons. The molecule has 37 heavy (non-hydrogen) atoms. The molecule has 1 aliphatic heterocycles. The van der Waals surface area contributed by atoms with Gasteiger partial charge >= 0.3 is 0 Å². The third-order valence-electron chi connectivity index (χ3n) is 7.27. The molecule has 4 rings (SSSR count). The Hall–Kier alpha value is -3.09. The molecule has 5 nitrogen and oxygen atoms in total. The summed E-state index contributed by atoms with van der Waals surface area (Å²) in [4.78, 5) is 11.5. The standard InChI is InChI=1S/C31H39N2O3Si/c1-25(29(24-33(34)35)26-15-8-5-9-16-26)23-32-22-14-21-30(32)31(36-37(2,3)4,27-17-10-6-11-18-27)28-19-12-7-13-20-28/h5-13,15-20,23,25,29-30H,14,21-22,24H2,1-4H3/q+1/t25-,29-,30-/m0/s1. The van der Waals surface area contributed by atoms with E-state index in [0.717, 1.165) is 36.1 Å². The van der Waals surface area contributed by atoms with E-state index in [1.54, 1.807) is 0 Å². The highest BCUT2D eigenvalue weighted by atomic mass is 28.4. The minimum atomic E-state index is -2.02. The molecule has 1 heterocycles. The molecular formula is C31H39N2O3Si+. The minimum absolute atomic E-state index is 0.00970. The predicted octanol–water partition coefficient (Wildman–Crippen LogP) is 6.72. The van der Waals surface area contributed by atoms with Crippen LogP contribution in [0.4, 0.5) is 0 Å². The van der Waals surface area contributed by atoms with Gasteiger partial charge in [0, 0.05) is 23.7 Å². The zero-order chi connectivity index (χ0) is 26.5. The van der Waals surface area contributed by atoms with Gasteiger partial charge in [-0.1, -0.05) is 97.9 Å². The fourth-order valence-electron chi connectivity index (χ4n) is 5.84.